The molecule has 0 fully saturated rings. The zero-order chi connectivity index (χ0) is 20.1. The van der Waals surface area contributed by atoms with Crippen LogP contribution in [0.5, 0.6) is 5.75 Å². The lowest BCUT2D eigenvalue weighted by molar-refractivity contribution is 0.102. The summed E-state index contributed by atoms with van der Waals surface area (Å²) >= 11 is 17.4. The van der Waals surface area contributed by atoms with E-state index >= 15 is 0 Å². The number of rotatable bonds is 4. The minimum atomic E-state index is -0.397. The lowest BCUT2D eigenvalue weighted by Gasteiger charge is -2.13. The lowest BCUT2D eigenvalue weighted by atomic mass is 10.2. The van der Waals surface area contributed by atoms with Crippen molar-refractivity contribution in [3.05, 3.63) is 82.3 Å². The Balaban J connectivity index is 1.61. The third-order valence-electron chi connectivity index (χ3n) is 3.75. The van der Waals surface area contributed by atoms with Gasteiger partial charge in [-0.15, -0.1) is 0 Å². The molecule has 5 nitrogen and oxygen atoms in total. The molecule has 0 bridgehead atoms. The van der Waals surface area contributed by atoms with Crippen molar-refractivity contribution in [1.82, 2.24) is 0 Å². The van der Waals surface area contributed by atoms with Crippen LogP contribution in [0.25, 0.3) is 0 Å². The molecule has 0 atom stereocenters. The number of halogens is 2. The molecule has 8 heteroatoms. The maximum absolute atomic E-state index is 12.2. The normalized spacial score (nSPS) is 10.2. The van der Waals surface area contributed by atoms with E-state index in [4.69, 9.17) is 35.4 Å². The fourth-order valence-corrected chi connectivity index (χ4v) is 2.96. The minimum Gasteiger partial charge on any atom is -0.507 e. The molecule has 3 aromatic carbocycles. The summed E-state index contributed by atoms with van der Waals surface area (Å²) in [4.78, 5) is 12.2. The van der Waals surface area contributed by atoms with E-state index in [1.165, 1.54) is 6.07 Å². The Morgan fingerprint density at radius 1 is 0.821 bits per heavy atom. The van der Waals surface area contributed by atoms with Crippen molar-refractivity contribution in [1.29, 1.82) is 0 Å². The maximum Gasteiger partial charge on any atom is 0.259 e. The Kier molecular flexibility index (Phi) is 6.36. The molecule has 1 amide bonds. The van der Waals surface area contributed by atoms with Crippen LogP contribution in [0.3, 0.4) is 0 Å². The number of phenols is 1. The first kappa shape index (κ1) is 19.9. The Bertz CT molecular complexity index is 1030. The zero-order valence-electron chi connectivity index (χ0n) is 14.4. The van der Waals surface area contributed by atoms with Crippen molar-refractivity contribution < 1.29 is 9.90 Å². The summed E-state index contributed by atoms with van der Waals surface area (Å²) in [5, 5.41) is 19.6. The van der Waals surface area contributed by atoms with E-state index in [1.807, 2.05) is 0 Å². The summed E-state index contributed by atoms with van der Waals surface area (Å²) in [6.45, 7) is 0. The van der Waals surface area contributed by atoms with Gasteiger partial charge < -0.3 is 21.1 Å². The molecule has 0 unspecified atom stereocenters. The van der Waals surface area contributed by atoms with Crippen LogP contribution < -0.4 is 16.0 Å². The van der Waals surface area contributed by atoms with Crippen LogP contribution in [0.4, 0.5) is 17.1 Å². The van der Waals surface area contributed by atoms with Crippen molar-refractivity contribution in [3.63, 3.8) is 0 Å². The number of hydrogen-bond donors (Lipinski definition) is 4. The first-order chi connectivity index (χ1) is 13.4. The molecule has 0 aromatic heterocycles. The highest BCUT2D eigenvalue weighted by Gasteiger charge is 2.10. The largest absolute Gasteiger partial charge is 0.507 e. The highest BCUT2D eigenvalue weighted by molar-refractivity contribution is 7.80. The first-order valence-electron chi connectivity index (χ1n) is 8.15. The van der Waals surface area contributed by atoms with Gasteiger partial charge in [0.2, 0.25) is 0 Å². The molecular formula is C20H15Cl2N3O2S. The number of benzene rings is 3. The topological polar surface area (TPSA) is 73.4 Å². The number of thiocarbonyl (C=S) groups is 1. The molecule has 3 rings (SSSR count). The molecule has 0 aliphatic rings. The van der Waals surface area contributed by atoms with E-state index < -0.39 is 5.91 Å². The number of phenolic OH excluding ortho intramolecular Hbond substituents is 1. The number of para-hydroxylation sites is 1. The summed E-state index contributed by atoms with van der Waals surface area (Å²) in [5.41, 5.74) is 2.10. The molecule has 4 N–H and O–H groups in total. The number of amides is 1. The molecule has 28 heavy (non-hydrogen) atoms. The predicted octanol–water partition coefficient (Wildman–Crippen LogP) is 5.76. The number of carbonyl (C=O) groups is 1. The number of anilines is 3. The molecule has 142 valence electrons. The van der Waals surface area contributed by atoms with Crippen LogP contribution in [0.15, 0.2) is 66.7 Å². The fourth-order valence-electron chi connectivity index (χ4n) is 2.39. The number of aromatic hydroxyl groups is 1. The quantitative estimate of drug-likeness (QED) is 0.395. The molecule has 0 saturated heterocycles. The van der Waals surface area contributed by atoms with Crippen molar-refractivity contribution in [2.75, 3.05) is 16.0 Å². The van der Waals surface area contributed by atoms with Gasteiger partial charge in [0, 0.05) is 11.4 Å². The summed E-state index contributed by atoms with van der Waals surface area (Å²) in [6.07, 6.45) is 0. The Hall–Kier alpha value is -2.80. The average Bonchev–Trinajstić information content (AvgIpc) is 2.67. The van der Waals surface area contributed by atoms with Gasteiger partial charge in [0.1, 0.15) is 5.75 Å². The second-order valence-electron chi connectivity index (χ2n) is 5.73. The molecule has 0 heterocycles. The Morgan fingerprint density at radius 3 is 2.14 bits per heavy atom. The van der Waals surface area contributed by atoms with Gasteiger partial charge in [0.05, 0.1) is 21.3 Å². The fraction of sp³-hybridized carbons (Fsp3) is 0. The van der Waals surface area contributed by atoms with E-state index in [9.17, 15) is 9.90 Å². The van der Waals surface area contributed by atoms with Crippen LogP contribution >= 0.6 is 35.4 Å². The first-order valence-corrected chi connectivity index (χ1v) is 9.32. The zero-order valence-corrected chi connectivity index (χ0v) is 16.7. The molecule has 0 aliphatic carbocycles. The standard InChI is InChI=1S/C20H15Cl2N3O2S/c21-15-5-3-6-16(18(15)22)25-20(28)24-13-10-8-12(9-11-13)23-19(27)14-4-1-2-7-17(14)26/h1-11,26H,(H,23,27)(H2,24,25,28). The van der Waals surface area contributed by atoms with E-state index in [1.54, 1.807) is 60.7 Å². The molecule has 0 spiro atoms. The predicted molar refractivity (Wildman–Crippen MR) is 119 cm³/mol. The smallest absolute Gasteiger partial charge is 0.259 e. The van der Waals surface area contributed by atoms with Crippen molar-refractivity contribution in [2.45, 2.75) is 0 Å². The van der Waals surface area contributed by atoms with Crippen LogP contribution in [0.1, 0.15) is 10.4 Å². The van der Waals surface area contributed by atoms with Gasteiger partial charge in [-0.2, -0.15) is 0 Å². The van der Waals surface area contributed by atoms with Gasteiger partial charge in [-0.05, 0) is 60.7 Å². The van der Waals surface area contributed by atoms with Gasteiger partial charge in [0.25, 0.3) is 5.91 Å². The summed E-state index contributed by atoms with van der Waals surface area (Å²) in [6, 6.07) is 18.5. The Labute approximate surface area is 177 Å². The molecule has 3 aromatic rings. The molecular weight excluding hydrogens is 417 g/mol. The highest BCUT2D eigenvalue weighted by Crippen LogP contribution is 2.29. The SMILES string of the molecule is O=C(Nc1ccc(NC(=S)Nc2cccc(Cl)c2Cl)cc1)c1ccccc1O. The lowest BCUT2D eigenvalue weighted by Crippen LogP contribution is -2.19. The van der Waals surface area contributed by atoms with Crippen molar-refractivity contribution >= 4 is 63.5 Å². The number of nitrogens with one attached hydrogen (secondary N) is 3. The highest BCUT2D eigenvalue weighted by atomic mass is 35.5. The summed E-state index contributed by atoms with van der Waals surface area (Å²) < 4.78 is 0. The number of carbonyl (C=O) groups excluding carboxylic acids is 1. The number of hydrogen-bond acceptors (Lipinski definition) is 3. The van der Waals surface area contributed by atoms with E-state index in [0.29, 0.717) is 26.5 Å². The second-order valence-corrected chi connectivity index (χ2v) is 6.92. The third kappa shape index (κ3) is 4.92. The summed E-state index contributed by atoms with van der Waals surface area (Å²) in [7, 11) is 0. The average molecular weight is 432 g/mol. The molecule has 0 radical (unpaired) electrons. The monoisotopic (exact) mass is 431 g/mol. The molecule has 0 aliphatic heterocycles. The molecule has 0 saturated carbocycles. The second kappa shape index (κ2) is 8.93. The summed E-state index contributed by atoms with van der Waals surface area (Å²) in [5.74, 6) is -0.471. The van der Waals surface area contributed by atoms with Crippen molar-refractivity contribution in [3.8, 4) is 5.75 Å². The van der Waals surface area contributed by atoms with E-state index in [-0.39, 0.29) is 11.3 Å². The van der Waals surface area contributed by atoms with Crippen molar-refractivity contribution in [2.24, 2.45) is 0 Å². The van der Waals surface area contributed by atoms with E-state index in [2.05, 4.69) is 16.0 Å². The van der Waals surface area contributed by atoms with Gasteiger partial charge >= 0.3 is 0 Å². The van der Waals surface area contributed by atoms with Crippen LogP contribution in [-0.2, 0) is 0 Å². The maximum atomic E-state index is 12.2. The minimum absolute atomic E-state index is 0.0746. The van der Waals surface area contributed by atoms with Crippen LogP contribution in [-0.4, -0.2) is 16.1 Å². The van der Waals surface area contributed by atoms with Crippen LogP contribution in [0, 0.1) is 0 Å². The third-order valence-corrected chi connectivity index (χ3v) is 4.77. The van der Waals surface area contributed by atoms with Gasteiger partial charge in [-0.25, -0.2) is 0 Å². The van der Waals surface area contributed by atoms with Gasteiger partial charge in [-0.3, -0.25) is 4.79 Å². The Morgan fingerprint density at radius 2 is 1.46 bits per heavy atom. The van der Waals surface area contributed by atoms with Gasteiger partial charge in [0.15, 0.2) is 5.11 Å². The van der Waals surface area contributed by atoms with Crippen LogP contribution in [0.2, 0.25) is 10.0 Å². The van der Waals surface area contributed by atoms with Gasteiger partial charge in [-0.1, -0.05) is 41.4 Å². The van der Waals surface area contributed by atoms with E-state index in [0.717, 1.165) is 5.69 Å².